The summed E-state index contributed by atoms with van der Waals surface area (Å²) in [5.74, 6) is 0.887. The first-order valence-corrected chi connectivity index (χ1v) is 9.40. The summed E-state index contributed by atoms with van der Waals surface area (Å²) in [6.07, 6.45) is -1.44. The van der Waals surface area contributed by atoms with Crippen LogP contribution in [0, 0.1) is 0 Å². The highest BCUT2D eigenvalue weighted by Crippen LogP contribution is 2.44. The van der Waals surface area contributed by atoms with Gasteiger partial charge in [-0.2, -0.15) is 0 Å². The van der Waals surface area contributed by atoms with Crippen molar-refractivity contribution in [2.24, 2.45) is 0 Å². The van der Waals surface area contributed by atoms with Crippen molar-refractivity contribution >= 4 is 21.9 Å². The van der Waals surface area contributed by atoms with Crippen molar-refractivity contribution in [3.63, 3.8) is 0 Å². The summed E-state index contributed by atoms with van der Waals surface area (Å²) in [4.78, 5) is 13.1. The standard InChI is InChI=1S/C23H18O7/c1-27-18-10-12(6-7-14(18)25)22-19(11-24)30-23-17(29-22)9-8-16-20(23)21(26)13-4-2-3-5-15(13)28-16/h2-10,19,22,24-25H,11H2,1H3/t19-,22+/m1/s1. The fraction of sp³-hybridized carbons (Fsp3) is 0.174. The summed E-state index contributed by atoms with van der Waals surface area (Å²) >= 11 is 0. The highest BCUT2D eigenvalue weighted by molar-refractivity contribution is 5.94. The Morgan fingerprint density at radius 1 is 1.03 bits per heavy atom. The molecule has 0 saturated carbocycles. The zero-order valence-corrected chi connectivity index (χ0v) is 16.0. The average molecular weight is 406 g/mol. The minimum absolute atomic E-state index is 0.00518. The van der Waals surface area contributed by atoms with E-state index in [0.717, 1.165) is 0 Å². The fourth-order valence-electron chi connectivity index (χ4n) is 3.76. The second kappa shape index (κ2) is 6.96. The van der Waals surface area contributed by atoms with Gasteiger partial charge in [0.1, 0.15) is 16.6 Å². The summed E-state index contributed by atoms with van der Waals surface area (Å²) < 4.78 is 23.2. The molecule has 7 nitrogen and oxygen atoms in total. The number of aliphatic hydroxyl groups excluding tert-OH is 1. The van der Waals surface area contributed by atoms with E-state index in [4.69, 9.17) is 18.6 Å². The highest BCUT2D eigenvalue weighted by Gasteiger charge is 2.35. The fourth-order valence-corrected chi connectivity index (χ4v) is 3.76. The zero-order chi connectivity index (χ0) is 20.8. The molecule has 7 heteroatoms. The van der Waals surface area contributed by atoms with Gasteiger partial charge in [0.2, 0.25) is 5.43 Å². The van der Waals surface area contributed by atoms with Gasteiger partial charge < -0.3 is 28.8 Å². The van der Waals surface area contributed by atoms with Crippen molar-refractivity contribution in [1.82, 2.24) is 0 Å². The molecule has 0 saturated heterocycles. The van der Waals surface area contributed by atoms with Gasteiger partial charge in [-0.1, -0.05) is 18.2 Å². The third-order valence-corrected chi connectivity index (χ3v) is 5.24. The van der Waals surface area contributed by atoms with Crippen LogP contribution in [0.2, 0.25) is 0 Å². The van der Waals surface area contributed by atoms with E-state index in [9.17, 15) is 15.0 Å². The molecule has 1 aliphatic rings. The van der Waals surface area contributed by atoms with Crippen molar-refractivity contribution in [2.45, 2.75) is 12.2 Å². The number of aliphatic hydroxyl groups is 1. The molecule has 0 spiro atoms. The maximum absolute atomic E-state index is 13.1. The van der Waals surface area contributed by atoms with E-state index in [1.807, 2.05) is 0 Å². The third kappa shape index (κ3) is 2.74. The van der Waals surface area contributed by atoms with Crippen molar-refractivity contribution in [3.8, 4) is 23.0 Å². The molecule has 0 fully saturated rings. The summed E-state index contributed by atoms with van der Waals surface area (Å²) in [5.41, 5.74) is 1.29. The Balaban J connectivity index is 1.67. The molecular formula is C23H18O7. The molecule has 152 valence electrons. The Morgan fingerprint density at radius 2 is 1.87 bits per heavy atom. The van der Waals surface area contributed by atoms with E-state index >= 15 is 0 Å². The number of hydrogen-bond acceptors (Lipinski definition) is 7. The molecule has 2 heterocycles. The normalized spacial score (nSPS) is 17.9. The number of fused-ring (bicyclic) bond motifs is 4. The van der Waals surface area contributed by atoms with Crippen LogP contribution in [0.25, 0.3) is 21.9 Å². The van der Waals surface area contributed by atoms with Crippen LogP contribution in [-0.4, -0.2) is 30.0 Å². The third-order valence-electron chi connectivity index (χ3n) is 5.24. The number of para-hydroxylation sites is 1. The second-order valence-corrected chi connectivity index (χ2v) is 7.00. The molecule has 0 radical (unpaired) electrons. The number of hydrogen-bond donors (Lipinski definition) is 2. The number of phenolic OH excluding ortho intramolecular Hbond substituents is 1. The van der Waals surface area contributed by atoms with Crippen LogP contribution >= 0.6 is 0 Å². The van der Waals surface area contributed by atoms with E-state index in [1.165, 1.54) is 13.2 Å². The number of methoxy groups -OCH3 is 1. The lowest BCUT2D eigenvalue weighted by molar-refractivity contribution is -0.0111. The minimum Gasteiger partial charge on any atom is -0.504 e. The number of ether oxygens (including phenoxy) is 3. The van der Waals surface area contributed by atoms with E-state index in [0.29, 0.717) is 27.9 Å². The molecule has 5 rings (SSSR count). The van der Waals surface area contributed by atoms with E-state index in [1.54, 1.807) is 48.5 Å². The Hall–Kier alpha value is -3.71. The van der Waals surface area contributed by atoms with Crippen LogP contribution in [0.15, 0.2) is 63.8 Å². The number of phenols is 1. The van der Waals surface area contributed by atoms with E-state index in [-0.39, 0.29) is 34.7 Å². The molecule has 30 heavy (non-hydrogen) atoms. The lowest BCUT2D eigenvalue weighted by Gasteiger charge is -2.33. The summed E-state index contributed by atoms with van der Waals surface area (Å²) in [6, 6.07) is 15.1. The van der Waals surface area contributed by atoms with E-state index < -0.39 is 12.2 Å². The van der Waals surface area contributed by atoms with Crippen LogP contribution in [0.4, 0.5) is 0 Å². The molecular weight excluding hydrogens is 388 g/mol. The van der Waals surface area contributed by atoms with Gasteiger partial charge in [-0.05, 0) is 36.4 Å². The van der Waals surface area contributed by atoms with Crippen molar-refractivity contribution in [1.29, 1.82) is 0 Å². The first-order valence-electron chi connectivity index (χ1n) is 9.40. The van der Waals surface area contributed by atoms with Crippen LogP contribution in [0.1, 0.15) is 11.7 Å². The Morgan fingerprint density at radius 3 is 2.67 bits per heavy atom. The van der Waals surface area contributed by atoms with Crippen LogP contribution in [0.5, 0.6) is 23.0 Å². The zero-order valence-electron chi connectivity index (χ0n) is 16.0. The molecule has 4 aromatic rings. The lowest BCUT2D eigenvalue weighted by Crippen LogP contribution is -2.36. The van der Waals surface area contributed by atoms with Gasteiger partial charge in [-0.25, -0.2) is 0 Å². The second-order valence-electron chi connectivity index (χ2n) is 7.00. The molecule has 1 aliphatic heterocycles. The number of rotatable bonds is 3. The Bertz CT molecular complexity index is 1320. The predicted molar refractivity (Wildman–Crippen MR) is 110 cm³/mol. The molecule has 2 atom stereocenters. The van der Waals surface area contributed by atoms with Gasteiger partial charge in [-0.3, -0.25) is 4.79 Å². The van der Waals surface area contributed by atoms with Crippen molar-refractivity contribution < 1.29 is 28.8 Å². The van der Waals surface area contributed by atoms with Crippen molar-refractivity contribution in [2.75, 3.05) is 13.7 Å². The largest absolute Gasteiger partial charge is 0.504 e. The molecule has 1 aromatic heterocycles. The summed E-state index contributed by atoms with van der Waals surface area (Å²) in [5, 5.41) is 20.5. The molecule has 0 unspecified atom stereocenters. The quantitative estimate of drug-likeness (QED) is 0.502. The van der Waals surface area contributed by atoms with Gasteiger partial charge >= 0.3 is 0 Å². The van der Waals surface area contributed by atoms with Gasteiger partial charge in [-0.15, -0.1) is 0 Å². The van der Waals surface area contributed by atoms with Crippen LogP contribution in [-0.2, 0) is 0 Å². The maximum Gasteiger partial charge on any atom is 0.204 e. The van der Waals surface area contributed by atoms with Crippen molar-refractivity contribution in [3.05, 3.63) is 70.4 Å². The molecule has 0 amide bonds. The highest BCUT2D eigenvalue weighted by atomic mass is 16.6. The maximum atomic E-state index is 13.1. The predicted octanol–water partition coefficient (Wildman–Crippen LogP) is 3.53. The van der Waals surface area contributed by atoms with Crippen LogP contribution < -0.4 is 19.6 Å². The molecule has 0 bridgehead atoms. The molecule has 3 aromatic carbocycles. The first-order chi connectivity index (χ1) is 14.6. The van der Waals surface area contributed by atoms with Gasteiger partial charge in [0, 0.05) is 5.56 Å². The monoisotopic (exact) mass is 406 g/mol. The van der Waals surface area contributed by atoms with E-state index in [2.05, 4.69) is 0 Å². The topological polar surface area (TPSA) is 98.4 Å². The Kier molecular flexibility index (Phi) is 4.25. The lowest BCUT2D eigenvalue weighted by atomic mass is 10.0. The number of aromatic hydroxyl groups is 1. The SMILES string of the molecule is COc1cc([C@@H]2Oc3ccc4oc5ccccc5c(=O)c4c3O[C@@H]2CO)ccc1O. The molecule has 0 aliphatic carbocycles. The number of benzene rings is 3. The minimum atomic E-state index is -0.775. The summed E-state index contributed by atoms with van der Waals surface area (Å²) in [7, 11) is 1.45. The van der Waals surface area contributed by atoms with Gasteiger partial charge in [0.25, 0.3) is 0 Å². The van der Waals surface area contributed by atoms with Crippen LogP contribution in [0.3, 0.4) is 0 Å². The Labute approximate surface area is 170 Å². The van der Waals surface area contributed by atoms with Gasteiger partial charge in [0.05, 0.1) is 19.1 Å². The molecule has 2 N–H and O–H groups in total. The smallest absolute Gasteiger partial charge is 0.204 e. The summed E-state index contributed by atoms with van der Waals surface area (Å²) in [6.45, 7) is -0.345. The average Bonchev–Trinajstić information content (AvgIpc) is 2.78. The first kappa shape index (κ1) is 18.3. The van der Waals surface area contributed by atoms with Gasteiger partial charge in [0.15, 0.2) is 35.2 Å².